The van der Waals surface area contributed by atoms with E-state index in [4.69, 9.17) is 28.4 Å². The standard InChI is InChI=1S/C22H42O8/c1-4-20(3)22(24)7-9-26-11-13-28-15-17-30-19-18-29-16-14-27-12-10-25-8-6-21(23)5-2/h20H,4-19H2,1-3H3. The molecular weight excluding hydrogens is 392 g/mol. The third kappa shape index (κ3) is 20.4. The van der Waals surface area contributed by atoms with Crippen LogP contribution < -0.4 is 0 Å². The van der Waals surface area contributed by atoms with E-state index in [-0.39, 0.29) is 17.5 Å². The molecule has 1 atom stereocenters. The summed E-state index contributed by atoms with van der Waals surface area (Å²) in [5, 5.41) is 0. The minimum Gasteiger partial charge on any atom is -0.379 e. The monoisotopic (exact) mass is 434 g/mol. The first-order valence-electron chi connectivity index (χ1n) is 11.1. The van der Waals surface area contributed by atoms with Gasteiger partial charge < -0.3 is 28.4 Å². The van der Waals surface area contributed by atoms with Crippen LogP contribution in [0, 0.1) is 5.92 Å². The van der Waals surface area contributed by atoms with Gasteiger partial charge in [-0.3, -0.25) is 9.59 Å². The predicted molar refractivity (Wildman–Crippen MR) is 114 cm³/mol. The zero-order chi connectivity index (χ0) is 22.3. The van der Waals surface area contributed by atoms with Gasteiger partial charge in [0, 0.05) is 25.2 Å². The summed E-state index contributed by atoms with van der Waals surface area (Å²) in [6, 6.07) is 0. The van der Waals surface area contributed by atoms with Gasteiger partial charge in [0.25, 0.3) is 0 Å². The van der Waals surface area contributed by atoms with Gasteiger partial charge in [0.05, 0.1) is 79.3 Å². The van der Waals surface area contributed by atoms with Gasteiger partial charge in [-0.25, -0.2) is 0 Å². The molecule has 0 aliphatic rings. The second-order valence-electron chi connectivity index (χ2n) is 6.84. The summed E-state index contributed by atoms with van der Waals surface area (Å²) < 4.78 is 32.3. The van der Waals surface area contributed by atoms with Crippen molar-refractivity contribution in [3.63, 3.8) is 0 Å². The first-order chi connectivity index (χ1) is 14.6. The van der Waals surface area contributed by atoms with Crippen LogP contribution in [0.25, 0.3) is 0 Å². The van der Waals surface area contributed by atoms with Crippen LogP contribution >= 0.6 is 0 Å². The van der Waals surface area contributed by atoms with Crippen molar-refractivity contribution in [3.8, 4) is 0 Å². The zero-order valence-corrected chi connectivity index (χ0v) is 19.2. The highest BCUT2D eigenvalue weighted by Crippen LogP contribution is 2.04. The van der Waals surface area contributed by atoms with E-state index in [1.807, 2.05) is 20.8 Å². The average Bonchev–Trinajstić information content (AvgIpc) is 2.76. The lowest BCUT2D eigenvalue weighted by molar-refractivity contribution is -0.123. The normalized spacial score (nSPS) is 12.2. The minimum atomic E-state index is 0.118. The second-order valence-corrected chi connectivity index (χ2v) is 6.84. The third-order valence-electron chi connectivity index (χ3n) is 4.43. The molecule has 0 rings (SSSR count). The number of rotatable bonds is 24. The number of Topliss-reactive ketones (excluding diaryl/α,β-unsaturated/α-hetero) is 2. The summed E-state index contributed by atoms with van der Waals surface area (Å²) in [5.74, 6) is 0.590. The van der Waals surface area contributed by atoms with Gasteiger partial charge >= 0.3 is 0 Å². The van der Waals surface area contributed by atoms with Gasteiger partial charge in [-0.05, 0) is 6.42 Å². The number of ether oxygens (including phenoxy) is 6. The van der Waals surface area contributed by atoms with E-state index in [0.29, 0.717) is 98.5 Å². The number of carbonyl (C=O) groups excluding carboxylic acids is 2. The topological polar surface area (TPSA) is 89.5 Å². The van der Waals surface area contributed by atoms with E-state index in [0.717, 1.165) is 6.42 Å². The van der Waals surface area contributed by atoms with E-state index < -0.39 is 0 Å². The third-order valence-corrected chi connectivity index (χ3v) is 4.43. The van der Waals surface area contributed by atoms with Crippen molar-refractivity contribution in [3.05, 3.63) is 0 Å². The minimum absolute atomic E-state index is 0.118. The van der Waals surface area contributed by atoms with Gasteiger partial charge in [0.2, 0.25) is 0 Å². The molecule has 0 radical (unpaired) electrons. The molecular formula is C22H42O8. The maximum Gasteiger partial charge on any atom is 0.137 e. The predicted octanol–water partition coefficient (Wildman–Crippen LogP) is 2.46. The van der Waals surface area contributed by atoms with Crippen LogP contribution in [0.15, 0.2) is 0 Å². The van der Waals surface area contributed by atoms with Gasteiger partial charge in [-0.15, -0.1) is 0 Å². The van der Waals surface area contributed by atoms with Gasteiger partial charge in [0.1, 0.15) is 11.6 Å². The smallest absolute Gasteiger partial charge is 0.137 e. The average molecular weight is 435 g/mol. The molecule has 0 spiro atoms. The number of ketones is 2. The molecule has 0 saturated carbocycles. The molecule has 8 nitrogen and oxygen atoms in total. The molecule has 0 aliphatic carbocycles. The van der Waals surface area contributed by atoms with Crippen LogP contribution in [-0.4, -0.2) is 90.8 Å². The number of carbonyl (C=O) groups is 2. The van der Waals surface area contributed by atoms with Crippen molar-refractivity contribution >= 4 is 11.6 Å². The van der Waals surface area contributed by atoms with E-state index >= 15 is 0 Å². The zero-order valence-electron chi connectivity index (χ0n) is 19.2. The maximum absolute atomic E-state index is 11.6. The number of hydrogen-bond donors (Lipinski definition) is 0. The molecule has 0 aromatic rings. The first kappa shape index (κ1) is 29.1. The Morgan fingerprint density at radius 2 is 0.900 bits per heavy atom. The Morgan fingerprint density at radius 1 is 0.567 bits per heavy atom. The fourth-order valence-corrected chi connectivity index (χ4v) is 2.21. The maximum atomic E-state index is 11.6. The molecule has 0 aromatic carbocycles. The quantitative estimate of drug-likeness (QED) is 0.214. The molecule has 0 heterocycles. The summed E-state index contributed by atoms with van der Waals surface area (Å²) in [6.45, 7) is 11.7. The second kappa shape index (κ2) is 22.8. The Bertz CT molecular complexity index is 403. The van der Waals surface area contributed by atoms with E-state index in [2.05, 4.69) is 0 Å². The van der Waals surface area contributed by atoms with Gasteiger partial charge in [-0.1, -0.05) is 20.8 Å². The Morgan fingerprint density at radius 3 is 1.23 bits per heavy atom. The van der Waals surface area contributed by atoms with Crippen molar-refractivity contribution in [2.75, 3.05) is 79.3 Å². The largest absolute Gasteiger partial charge is 0.379 e. The Labute approximate surface area is 181 Å². The van der Waals surface area contributed by atoms with Crippen LogP contribution in [-0.2, 0) is 38.0 Å². The van der Waals surface area contributed by atoms with Crippen molar-refractivity contribution in [2.45, 2.75) is 46.5 Å². The Hall–Kier alpha value is -0.900. The van der Waals surface area contributed by atoms with Crippen molar-refractivity contribution < 1.29 is 38.0 Å². The van der Waals surface area contributed by atoms with E-state index in [1.54, 1.807) is 0 Å². The lowest BCUT2D eigenvalue weighted by atomic mass is 10.0. The SMILES string of the molecule is CCC(=O)CCOCCOCCOCCOCCOCCOCCC(=O)C(C)CC. The highest BCUT2D eigenvalue weighted by Gasteiger charge is 2.09. The summed E-state index contributed by atoms with van der Waals surface area (Å²) in [4.78, 5) is 22.7. The van der Waals surface area contributed by atoms with Crippen LogP contribution in [0.4, 0.5) is 0 Å². The molecule has 30 heavy (non-hydrogen) atoms. The van der Waals surface area contributed by atoms with Crippen molar-refractivity contribution in [1.29, 1.82) is 0 Å². The molecule has 0 aromatic heterocycles. The number of hydrogen-bond acceptors (Lipinski definition) is 8. The summed E-state index contributed by atoms with van der Waals surface area (Å²) >= 11 is 0. The highest BCUT2D eigenvalue weighted by atomic mass is 16.6. The van der Waals surface area contributed by atoms with Crippen molar-refractivity contribution in [2.24, 2.45) is 5.92 Å². The molecule has 0 fully saturated rings. The lowest BCUT2D eigenvalue weighted by Gasteiger charge is -2.09. The highest BCUT2D eigenvalue weighted by molar-refractivity contribution is 5.80. The summed E-state index contributed by atoms with van der Waals surface area (Å²) in [6.07, 6.45) is 2.38. The molecule has 1 unspecified atom stereocenters. The van der Waals surface area contributed by atoms with Crippen molar-refractivity contribution in [1.82, 2.24) is 0 Å². The van der Waals surface area contributed by atoms with Gasteiger partial charge in [-0.2, -0.15) is 0 Å². The van der Waals surface area contributed by atoms with Gasteiger partial charge in [0.15, 0.2) is 0 Å². The molecule has 0 saturated heterocycles. The van der Waals surface area contributed by atoms with Crippen LogP contribution in [0.3, 0.4) is 0 Å². The molecule has 0 N–H and O–H groups in total. The molecule has 0 bridgehead atoms. The molecule has 0 aliphatic heterocycles. The Balaban J connectivity index is 3.11. The van der Waals surface area contributed by atoms with Crippen LogP contribution in [0.2, 0.25) is 0 Å². The fourth-order valence-electron chi connectivity index (χ4n) is 2.21. The first-order valence-corrected chi connectivity index (χ1v) is 11.1. The summed E-state index contributed by atoms with van der Waals surface area (Å²) in [7, 11) is 0. The molecule has 0 amide bonds. The fraction of sp³-hybridized carbons (Fsp3) is 0.909. The Kier molecular flexibility index (Phi) is 22.1. The van der Waals surface area contributed by atoms with Crippen LogP contribution in [0.5, 0.6) is 0 Å². The molecule has 178 valence electrons. The van der Waals surface area contributed by atoms with Crippen LogP contribution in [0.1, 0.15) is 46.5 Å². The molecule has 8 heteroatoms. The summed E-state index contributed by atoms with van der Waals surface area (Å²) in [5.41, 5.74) is 0. The lowest BCUT2D eigenvalue weighted by Crippen LogP contribution is -2.15. The van der Waals surface area contributed by atoms with E-state index in [9.17, 15) is 9.59 Å². The van der Waals surface area contributed by atoms with E-state index in [1.165, 1.54) is 0 Å².